The standard InChI is InChI=1S/C12H10ClN5O/c1-19-8-5-3-2-4-7(8)18-9-10(13)15-6-16-11(9)17-12(18)14/h2-6H,1H3,(H2,14,15,16,17). The number of fused-ring (bicyclic) bond motifs is 1. The number of nitrogen functional groups attached to an aromatic ring is 1. The highest BCUT2D eigenvalue weighted by Crippen LogP contribution is 2.30. The van der Waals surface area contributed by atoms with Crippen LogP contribution in [0.25, 0.3) is 16.9 Å². The van der Waals surface area contributed by atoms with E-state index in [9.17, 15) is 0 Å². The van der Waals surface area contributed by atoms with Crippen LogP contribution in [-0.2, 0) is 0 Å². The Morgan fingerprint density at radius 3 is 2.84 bits per heavy atom. The Morgan fingerprint density at radius 1 is 1.26 bits per heavy atom. The van der Waals surface area contributed by atoms with Crippen LogP contribution in [0.15, 0.2) is 30.6 Å². The first-order chi connectivity index (χ1) is 9.22. The van der Waals surface area contributed by atoms with Gasteiger partial charge in [0.25, 0.3) is 0 Å². The molecule has 3 rings (SSSR count). The molecule has 1 aromatic carbocycles. The molecule has 7 heteroatoms. The molecule has 2 N–H and O–H groups in total. The zero-order chi connectivity index (χ0) is 13.4. The molecule has 0 atom stereocenters. The Hall–Kier alpha value is -2.34. The van der Waals surface area contributed by atoms with Crippen molar-refractivity contribution in [2.45, 2.75) is 0 Å². The maximum absolute atomic E-state index is 6.11. The van der Waals surface area contributed by atoms with Crippen LogP contribution in [0.1, 0.15) is 0 Å². The van der Waals surface area contributed by atoms with Crippen LogP contribution in [0, 0.1) is 0 Å². The van der Waals surface area contributed by atoms with Crippen molar-refractivity contribution in [1.29, 1.82) is 0 Å². The van der Waals surface area contributed by atoms with Crippen molar-refractivity contribution in [3.8, 4) is 11.4 Å². The first kappa shape index (κ1) is 11.7. The second kappa shape index (κ2) is 4.40. The number of imidazole rings is 1. The van der Waals surface area contributed by atoms with Crippen LogP contribution >= 0.6 is 11.6 Å². The summed E-state index contributed by atoms with van der Waals surface area (Å²) >= 11 is 6.11. The van der Waals surface area contributed by atoms with Crippen molar-refractivity contribution in [2.75, 3.05) is 12.8 Å². The van der Waals surface area contributed by atoms with Gasteiger partial charge in [-0.2, -0.15) is 4.98 Å². The molecule has 19 heavy (non-hydrogen) atoms. The first-order valence-electron chi connectivity index (χ1n) is 5.50. The average molecular weight is 276 g/mol. The van der Waals surface area contributed by atoms with Gasteiger partial charge in [0.2, 0.25) is 5.95 Å². The zero-order valence-corrected chi connectivity index (χ0v) is 10.8. The van der Waals surface area contributed by atoms with E-state index < -0.39 is 0 Å². The molecular weight excluding hydrogens is 266 g/mol. The number of aromatic nitrogens is 4. The number of halogens is 1. The van der Waals surface area contributed by atoms with Crippen LogP contribution < -0.4 is 10.5 Å². The third kappa shape index (κ3) is 1.77. The lowest BCUT2D eigenvalue weighted by atomic mass is 10.3. The van der Waals surface area contributed by atoms with E-state index in [1.165, 1.54) is 6.33 Å². The number of rotatable bonds is 2. The van der Waals surface area contributed by atoms with Crippen LogP contribution in [0.4, 0.5) is 5.95 Å². The molecule has 0 unspecified atom stereocenters. The minimum atomic E-state index is 0.280. The maximum atomic E-state index is 6.11. The number of hydrogen-bond acceptors (Lipinski definition) is 5. The summed E-state index contributed by atoms with van der Waals surface area (Å²) in [6.45, 7) is 0. The number of benzene rings is 1. The number of anilines is 1. The summed E-state index contributed by atoms with van der Waals surface area (Å²) in [5, 5.41) is 0.292. The molecule has 0 aliphatic heterocycles. The molecule has 0 radical (unpaired) electrons. The van der Waals surface area contributed by atoms with Gasteiger partial charge in [0.05, 0.1) is 12.8 Å². The number of ether oxygens (including phenoxy) is 1. The summed E-state index contributed by atoms with van der Waals surface area (Å²) in [5.74, 6) is 0.940. The lowest BCUT2D eigenvalue weighted by Gasteiger charge is -2.11. The Kier molecular flexibility index (Phi) is 2.72. The molecule has 0 amide bonds. The molecule has 0 bridgehead atoms. The quantitative estimate of drug-likeness (QED) is 0.724. The van der Waals surface area contributed by atoms with Gasteiger partial charge >= 0.3 is 0 Å². The molecule has 0 aliphatic carbocycles. The third-order valence-electron chi connectivity index (χ3n) is 2.76. The largest absolute Gasteiger partial charge is 0.495 e. The predicted octanol–water partition coefficient (Wildman–Crippen LogP) is 2.06. The van der Waals surface area contributed by atoms with Gasteiger partial charge in [-0.15, -0.1) is 0 Å². The monoisotopic (exact) mass is 275 g/mol. The molecule has 2 heterocycles. The van der Waals surface area contributed by atoms with E-state index in [2.05, 4.69) is 15.0 Å². The molecule has 0 spiro atoms. The molecule has 96 valence electrons. The van der Waals surface area contributed by atoms with Crippen molar-refractivity contribution in [2.24, 2.45) is 0 Å². The number of methoxy groups -OCH3 is 1. The minimum absolute atomic E-state index is 0.280. The fourth-order valence-electron chi connectivity index (χ4n) is 1.95. The summed E-state index contributed by atoms with van der Waals surface area (Å²) in [6.07, 6.45) is 1.35. The van der Waals surface area contributed by atoms with E-state index in [0.717, 1.165) is 5.69 Å². The van der Waals surface area contributed by atoms with Crippen molar-refractivity contribution < 1.29 is 4.74 Å². The molecule has 0 saturated carbocycles. The normalized spacial score (nSPS) is 10.8. The highest BCUT2D eigenvalue weighted by Gasteiger charge is 2.17. The molecule has 0 aliphatic rings. The van der Waals surface area contributed by atoms with E-state index in [-0.39, 0.29) is 5.95 Å². The molecule has 6 nitrogen and oxygen atoms in total. The number of para-hydroxylation sites is 2. The second-order valence-corrected chi connectivity index (χ2v) is 4.17. The van der Waals surface area contributed by atoms with Crippen molar-refractivity contribution in [1.82, 2.24) is 19.5 Å². The first-order valence-corrected chi connectivity index (χ1v) is 5.88. The van der Waals surface area contributed by atoms with Crippen LogP contribution in [0.5, 0.6) is 5.75 Å². The van der Waals surface area contributed by atoms with E-state index in [0.29, 0.717) is 22.1 Å². The molecule has 3 aromatic rings. The summed E-state index contributed by atoms with van der Waals surface area (Å²) in [7, 11) is 1.59. The fraction of sp³-hybridized carbons (Fsp3) is 0.0833. The Labute approximate surface area is 113 Å². The van der Waals surface area contributed by atoms with E-state index in [1.807, 2.05) is 24.3 Å². The molecule has 0 fully saturated rings. The Bertz CT molecular complexity index is 755. The van der Waals surface area contributed by atoms with Gasteiger partial charge < -0.3 is 10.5 Å². The number of nitrogens with zero attached hydrogens (tertiary/aromatic N) is 4. The van der Waals surface area contributed by atoms with E-state index in [1.54, 1.807) is 11.7 Å². The lowest BCUT2D eigenvalue weighted by molar-refractivity contribution is 0.413. The highest BCUT2D eigenvalue weighted by atomic mass is 35.5. The van der Waals surface area contributed by atoms with Gasteiger partial charge in [-0.3, -0.25) is 4.57 Å². The van der Waals surface area contributed by atoms with Gasteiger partial charge in [0.1, 0.15) is 17.6 Å². The van der Waals surface area contributed by atoms with Crippen molar-refractivity contribution in [3.63, 3.8) is 0 Å². The predicted molar refractivity (Wildman–Crippen MR) is 72.6 cm³/mol. The maximum Gasteiger partial charge on any atom is 0.207 e. The Morgan fingerprint density at radius 2 is 2.05 bits per heavy atom. The van der Waals surface area contributed by atoms with Gasteiger partial charge in [0, 0.05) is 0 Å². The van der Waals surface area contributed by atoms with Crippen molar-refractivity contribution in [3.05, 3.63) is 35.7 Å². The molecule has 2 aromatic heterocycles. The zero-order valence-electron chi connectivity index (χ0n) is 10.0. The van der Waals surface area contributed by atoms with Gasteiger partial charge in [-0.1, -0.05) is 23.7 Å². The SMILES string of the molecule is COc1ccccc1-n1c(N)nc2ncnc(Cl)c21. The highest BCUT2D eigenvalue weighted by molar-refractivity contribution is 6.33. The van der Waals surface area contributed by atoms with E-state index >= 15 is 0 Å². The second-order valence-electron chi connectivity index (χ2n) is 3.81. The number of hydrogen-bond donors (Lipinski definition) is 1. The fourth-order valence-corrected chi connectivity index (χ4v) is 2.17. The number of nitrogens with two attached hydrogens (primary N) is 1. The van der Waals surface area contributed by atoms with Crippen LogP contribution in [0.2, 0.25) is 5.15 Å². The average Bonchev–Trinajstić information content (AvgIpc) is 2.76. The van der Waals surface area contributed by atoms with Gasteiger partial charge in [-0.25, -0.2) is 9.97 Å². The topological polar surface area (TPSA) is 78.9 Å². The molecular formula is C12H10ClN5O. The van der Waals surface area contributed by atoms with Gasteiger partial charge in [0.15, 0.2) is 10.8 Å². The van der Waals surface area contributed by atoms with Crippen LogP contribution in [-0.4, -0.2) is 26.6 Å². The van der Waals surface area contributed by atoms with Crippen LogP contribution in [0.3, 0.4) is 0 Å². The summed E-state index contributed by atoms with van der Waals surface area (Å²) in [4.78, 5) is 12.2. The Balaban J connectivity index is 2.39. The smallest absolute Gasteiger partial charge is 0.207 e. The van der Waals surface area contributed by atoms with Crippen molar-refractivity contribution >= 4 is 28.7 Å². The summed E-state index contributed by atoms with van der Waals surface area (Å²) < 4.78 is 7.00. The van der Waals surface area contributed by atoms with E-state index in [4.69, 9.17) is 22.1 Å². The lowest BCUT2D eigenvalue weighted by Crippen LogP contribution is -2.03. The third-order valence-corrected chi connectivity index (χ3v) is 3.03. The summed E-state index contributed by atoms with van der Waals surface area (Å²) in [5.41, 5.74) is 7.69. The molecule has 0 saturated heterocycles. The van der Waals surface area contributed by atoms with Gasteiger partial charge in [-0.05, 0) is 12.1 Å². The minimum Gasteiger partial charge on any atom is -0.495 e. The summed E-state index contributed by atoms with van der Waals surface area (Å²) in [6, 6.07) is 7.44.